The molecule has 6 nitrogen and oxygen atoms in total. The molecule has 6 heteroatoms. The first kappa shape index (κ1) is 20.2. The molecule has 2 rings (SSSR count). The zero-order chi connectivity index (χ0) is 19.6. The van der Waals surface area contributed by atoms with Crippen molar-refractivity contribution in [3.63, 3.8) is 0 Å². The molecule has 2 aromatic rings. The smallest absolute Gasteiger partial charge is 0.247 e. The molecule has 0 fully saturated rings. The summed E-state index contributed by atoms with van der Waals surface area (Å²) in [7, 11) is 1.55. The van der Waals surface area contributed by atoms with Crippen molar-refractivity contribution >= 4 is 17.5 Å². The van der Waals surface area contributed by atoms with Crippen molar-refractivity contribution in [2.24, 2.45) is 0 Å². The van der Waals surface area contributed by atoms with Gasteiger partial charge in [-0.05, 0) is 36.3 Å². The first-order chi connectivity index (χ1) is 13.1. The van der Waals surface area contributed by atoms with Crippen LogP contribution in [0.1, 0.15) is 23.6 Å². The van der Waals surface area contributed by atoms with E-state index in [0.717, 1.165) is 11.1 Å². The van der Waals surface area contributed by atoms with Gasteiger partial charge in [0.05, 0.1) is 19.8 Å². The fraction of sp³-hybridized carbons (Fsp3) is 0.238. The third-order valence-corrected chi connectivity index (χ3v) is 4.08. The maximum Gasteiger partial charge on any atom is 0.247 e. The number of hydrogen-bond donors (Lipinski definition) is 3. The lowest BCUT2D eigenvalue weighted by Crippen LogP contribution is -2.31. The van der Waals surface area contributed by atoms with E-state index in [1.54, 1.807) is 25.3 Å². The molecule has 1 unspecified atom stereocenters. The number of aryl methyl sites for hydroxylation is 1. The van der Waals surface area contributed by atoms with Crippen LogP contribution in [0.3, 0.4) is 0 Å². The first-order valence-corrected chi connectivity index (χ1v) is 8.63. The van der Waals surface area contributed by atoms with Crippen LogP contribution in [-0.4, -0.2) is 30.6 Å². The SMILES string of the molecule is C=CC(=O)Nc1ccc(CCC(=O)NC(CO)c2ccccc2OC)cc1. The summed E-state index contributed by atoms with van der Waals surface area (Å²) in [6, 6.07) is 14.0. The largest absolute Gasteiger partial charge is 0.496 e. The second-order valence-corrected chi connectivity index (χ2v) is 5.93. The minimum absolute atomic E-state index is 0.163. The molecule has 2 aromatic carbocycles. The van der Waals surface area contributed by atoms with Crippen molar-refractivity contribution in [3.8, 4) is 5.75 Å². The molecule has 27 heavy (non-hydrogen) atoms. The van der Waals surface area contributed by atoms with Gasteiger partial charge in [-0.2, -0.15) is 0 Å². The molecular weight excluding hydrogens is 344 g/mol. The molecule has 0 aliphatic rings. The molecule has 0 aromatic heterocycles. The monoisotopic (exact) mass is 368 g/mol. The van der Waals surface area contributed by atoms with Gasteiger partial charge in [0.1, 0.15) is 5.75 Å². The summed E-state index contributed by atoms with van der Waals surface area (Å²) in [4.78, 5) is 23.5. The van der Waals surface area contributed by atoms with E-state index in [2.05, 4.69) is 17.2 Å². The van der Waals surface area contributed by atoms with Crippen molar-refractivity contribution in [1.82, 2.24) is 5.32 Å². The van der Waals surface area contributed by atoms with E-state index in [9.17, 15) is 14.7 Å². The zero-order valence-electron chi connectivity index (χ0n) is 15.3. The van der Waals surface area contributed by atoms with Crippen molar-refractivity contribution in [3.05, 3.63) is 72.3 Å². The molecule has 0 spiro atoms. The van der Waals surface area contributed by atoms with Crippen molar-refractivity contribution < 1.29 is 19.4 Å². The highest BCUT2D eigenvalue weighted by molar-refractivity contribution is 5.98. The quantitative estimate of drug-likeness (QED) is 0.594. The van der Waals surface area contributed by atoms with Crippen LogP contribution in [-0.2, 0) is 16.0 Å². The lowest BCUT2D eigenvalue weighted by molar-refractivity contribution is -0.122. The minimum Gasteiger partial charge on any atom is -0.496 e. The summed E-state index contributed by atoms with van der Waals surface area (Å²) >= 11 is 0. The van der Waals surface area contributed by atoms with Gasteiger partial charge in [-0.15, -0.1) is 0 Å². The molecular formula is C21H24N2O4. The van der Waals surface area contributed by atoms with Crippen LogP contribution in [0.15, 0.2) is 61.2 Å². The average Bonchev–Trinajstić information content (AvgIpc) is 2.71. The number of aliphatic hydroxyl groups is 1. The molecule has 3 N–H and O–H groups in total. The number of hydrogen-bond acceptors (Lipinski definition) is 4. The Morgan fingerprint density at radius 2 is 1.89 bits per heavy atom. The number of carbonyl (C=O) groups is 2. The Labute approximate surface area is 158 Å². The summed E-state index contributed by atoms with van der Waals surface area (Å²) in [5.74, 6) is 0.187. The number of carbonyl (C=O) groups excluding carboxylic acids is 2. The topological polar surface area (TPSA) is 87.7 Å². The van der Waals surface area contributed by atoms with Crippen LogP contribution in [0.25, 0.3) is 0 Å². The molecule has 0 heterocycles. The maximum absolute atomic E-state index is 12.3. The van der Waals surface area contributed by atoms with Crippen LogP contribution in [0, 0.1) is 0 Å². The second-order valence-electron chi connectivity index (χ2n) is 5.93. The summed E-state index contributed by atoms with van der Waals surface area (Å²) in [6.45, 7) is 3.19. The number of ether oxygens (including phenoxy) is 1. The molecule has 0 aliphatic heterocycles. The van der Waals surface area contributed by atoms with Gasteiger partial charge in [0.25, 0.3) is 0 Å². The second kappa shape index (κ2) is 10.1. The minimum atomic E-state index is -0.523. The summed E-state index contributed by atoms with van der Waals surface area (Å²) in [5.41, 5.74) is 2.38. The Hall–Kier alpha value is -3.12. The molecule has 142 valence electrons. The highest BCUT2D eigenvalue weighted by Crippen LogP contribution is 2.24. The Bertz CT molecular complexity index is 787. The van der Waals surface area contributed by atoms with E-state index in [-0.39, 0.29) is 24.8 Å². The number of para-hydroxylation sites is 1. The lowest BCUT2D eigenvalue weighted by Gasteiger charge is -2.19. The van der Waals surface area contributed by atoms with E-state index in [4.69, 9.17) is 4.74 Å². The first-order valence-electron chi connectivity index (χ1n) is 8.63. The highest BCUT2D eigenvalue weighted by Gasteiger charge is 2.17. The zero-order valence-corrected chi connectivity index (χ0v) is 15.3. The van der Waals surface area contributed by atoms with Gasteiger partial charge in [-0.25, -0.2) is 0 Å². The summed E-state index contributed by atoms with van der Waals surface area (Å²) in [5, 5.41) is 15.2. The fourth-order valence-corrected chi connectivity index (χ4v) is 2.65. The number of benzene rings is 2. The predicted molar refractivity (Wildman–Crippen MR) is 105 cm³/mol. The fourth-order valence-electron chi connectivity index (χ4n) is 2.65. The van der Waals surface area contributed by atoms with Gasteiger partial charge in [0.2, 0.25) is 11.8 Å². The maximum atomic E-state index is 12.3. The highest BCUT2D eigenvalue weighted by atomic mass is 16.5. The van der Waals surface area contributed by atoms with Gasteiger partial charge >= 0.3 is 0 Å². The lowest BCUT2D eigenvalue weighted by atomic mass is 10.1. The van der Waals surface area contributed by atoms with Crippen molar-refractivity contribution in [1.29, 1.82) is 0 Å². The molecule has 0 saturated heterocycles. The third-order valence-electron chi connectivity index (χ3n) is 4.08. The number of anilines is 1. The number of methoxy groups -OCH3 is 1. The summed E-state index contributed by atoms with van der Waals surface area (Å²) < 4.78 is 5.29. The molecule has 0 saturated carbocycles. The average molecular weight is 368 g/mol. The molecule has 2 amide bonds. The van der Waals surface area contributed by atoms with Gasteiger partial charge in [-0.3, -0.25) is 9.59 Å². The van der Waals surface area contributed by atoms with Crippen molar-refractivity contribution in [2.45, 2.75) is 18.9 Å². The molecule has 0 aliphatic carbocycles. The van der Waals surface area contributed by atoms with Crippen LogP contribution < -0.4 is 15.4 Å². The van der Waals surface area contributed by atoms with Crippen LogP contribution >= 0.6 is 0 Å². The predicted octanol–water partition coefficient (Wildman–Crippen LogP) is 2.60. The Kier molecular flexibility index (Phi) is 7.58. The molecule has 0 radical (unpaired) electrons. The van der Waals surface area contributed by atoms with Gasteiger partial charge < -0.3 is 20.5 Å². The Morgan fingerprint density at radius 3 is 2.52 bits per heavy atom. The number of aliphatic hydroxyl groups excluding tert-OH is 1. The van der Waals surface area contributed by atoms with E-state index < -0.39 is 6.04 Å². The normalized spacial score (nSPS) is 11.3. The number of nitrogens with one attached hydrogen (secondary N) is 2. The van der Waals surface area contributed by atoms with Gasteiger partial charge in [-0.1, -0.05) is 36.9 Å². The Balaban J connectivity index is 1.91. The molecule has 1 atom stereocenters. The van der Waals surface area contributed by atoms with Crippen LogP contribution in [0.2, 0.25) is 0 Å². The number of amides is 2. The van der Waals surface area contributed by atoms with Gasteiger partial charge in [0.15, 0.2) is 0 Å². The van der Waals surface area contributed by atoms with E-state index in [1.165, 1.54) is 6.08 Å². The van der Waals surface area contributed by atoms with E-state index >= 15 is 0 Å². The Morgan fingerprint density at radius 1 is 1.19 bits per heavy atom. The van der Waals surface area contributed by atoms with E-state index in [1.807, 2.05) is 30.3 Å². The van der Waals surface area contributed by atoms with E-state index in [0.29, 0.717) is 17.9 Å². The standard InChI is InChI=1S/C21H24N2O4/c1-3-20(25)22-16-11-8-15(9-12-16)10-13-21(26)23-18(14-24)17-6-4-5-7-19(17)27-2/h3-9,11-12,18,24H,1,10,13-14H2,2H3,(H,22,25)(H,23,26). The summed E-state index contributed by atoms with van der Waals surface area (Å²) in [6.07, 6.45) is 2.03. The van der Waals surface area contributed by atoms with Gasteiger partial charge in [0, 0.05) is 17.7 Å². The number of rotatable bonds is 9. The van der Waals surface area contributed by atoms with Crippen LogP contribution in [0.4, 0.5) is 5.69 Å². The van der Waals surface area contributed by atoms with Crippen molar-refractivity contribution in [2.75, 3.05) is 19.0 Å². The van der Waals surface area contributed by atoms with Crippen LogP contribution in [0.5, 0.6) is 5.75 Å². The molecule has 0 bridgehead atoms. The third kappa shape index (κ3) is 5.97.